The zero-order valence-electron chi connectivity index (χ0n) is 15.5. The van der Waals surface area contributed by atoms with Crippen molar-refractivity contribution in [2.75, 3.05) is 19.7 Å². The largest absolute Gasteiger partial charge is 0.492 e. The first kappa shape index (κ1) is 20.5. The van der Waals surface area contributed by atoms with Crippen LogP contribution in [0.15, 0.2) is 42.7 Å². The molecule has 7 heteroatoms. The summed E-state index contributed by atoms with van der Waals surface area (Å²) in [7, 11) is 0. The third-order valence-corrected chi connectivity index (χ3v) is 5.33. The van der Waals surface area contributed by atoms with E-state index in [4.69, 9.17) is 16.3 Å². The van der Waals surface area contributed by atoms with Crippen LogP contribution in [0.1, 0.15) is 42.5 Å². The summed E-state index contributed by atoms with van der Waals surface area (Å²) < 4.78 is 33.8. The first-order chi connectivity index (χ1) is 13.5. The molecule has 0 radical (unpaired) electrons. The van der Waals surface area contributed by atoms with E-state index in [9.17, 15) is 9.18 Å². The molecule has 28 heavy (non-hydrogen) atoms. The highest BCUT2D eigenvalue weighted by atomic mass is 35.5. The monoisotopic (exact) mass is 408 g/mol. The lowest BCUT2D eigenvalue weighted by Crippen LogP contribution is -2.44. The van der Waals surface area contributed by atoms with Crippen molar-refractivity contribution in [2.45, 2.75) is 37.8 Å². The molecule has 3 rings (SSSR count). The van der Waals surface area contributed by atoms with Crippen molar-refractivity contribution in [3.05, 3.63) is 59.1 Å². The number of alkyl halides is 1. The van der Waals surface area contributed by atoms with E-state index in [1.807, 2.05) is 6.07 Å². The van der Waals surface area contributed by atoms with Gasteiger partial charge in [0.1, 0.15) is 17.2 Å². The fraction of sp³-hybridized carbons (Fsp3) is 0.429. The second-order valence-electron chi connectivity index (χ2n) is 7.07. The number of likely N-dealkylation sites (tertiary alicyclic amines) is 1. The third-order valence-electron chi connectivity index (χ3n) is 5.04. The number of aromatic nitrogens is 1. The molecule has 2 heterocycles. The molecule has 1 fully saturated rings. The zero-order chi connectivity index (χ0) is 20.0. The molecule has 0 bridgehead atoms. The van der Waals surface area contributed by atoms with Gasteiger partial charge in [-0.3, -0.25) is 9.78 Å². The fourth-order valence-electron chi connectivity index (χ4n) is 3.34. The number of nitrogens with zero attached hydrogens (tertiary/aromatic N) is 2. The maximum Gasteiger partial charge on any atom is 0.253 e. The van der Waals surface area contributed by atoms with E-state index in [1.54, 1.807) is 23.4 Å². The number of unbranched alkanes of at least 4 members (excludes halogenated alkanes) is 1. The van der Waals surface area contributed by atoms with Crippen molar-refractivity contribution in [2.24, 2.45) is 0 Å². The average Bonchev–Trinajstić information content (AvgIpc) is 2.71. The minimum atomic E-state index is -1.26. The molecule has 1 aliphatic heterocycles. The highest BCUT2D eigenvalue weighted by molar-refractivity contribution is 6.31. The molecular formula is C21H23ClF2N2O2. The second-order valence-corrected chi connectivity index (χ2v) is 7.47. The van der Waals surface area contributed by atoms with Crippen LogP contribution >= 0.6 is 11.6 Å². The fourth-order valence-corrected chi connectivity index (χ4v) is 3.52. The van der Waals surface area contributed by atoms with Gasteiger partial charge in [0.05, 0.1) is 17.8 Å². The average molecular weight is 409 g/mol. The Morgan fingerprint density at radius 2 is 2.04 bits per heavy atom. The van der Waals surface area contributed by atoms with Crippen LogP contribution < -0.4 is 4.74 Å². The molecule has 0 N–H and O–H groups in total. The molecule has 1 aromatic carbocycles. The summed E-state index contributed by atoms with van der Waals surface area (Å²) in [5, 5.41) is -0.0869. The van der Waals surface area contributed by atoms with Crippen molar-refractivity contribution < 1.29 is 18.3 Å². The second kappa shape index (κ2) is 9.32. The van der Waals surface area contributed by atoms with Crippen LogP contribution in [0.3, 0.4) is 0 Å². The number of ether oxygens (including phenoxy) is 1. The third kappa shape index (κ3) is 5.41. The van der Waals surface area contributed by atoms with Gasteiger partial charge in [0.25, 0.3) is 5.91 Å². The summed E-state index contributed by atoms with van der Waals surface area (Å²) in [4.78, 5) is 18.1. The molecule has 150 valence electrons. The summed E-state index contributed by atoms with van der Waals surface area (Å²) in [5.74, 6) is -0.0915. The molecule has 0 unspecified atom stereocenters. The number of hydrogen-bond acceptors (Lipinski definition) is 3. The molecule has 0 saturated carbocycles. The highest BCUT2D eigenvalue weighted by Gasteiger charge is 2.35. The Hall–Kier alpha value is -2.21. The number of halogens is 3. The first-order valence-corrected chi connectivity index (χ1v) is 9.81. The van der Waals surface area contributed by atoms with Crippen LogP contribution in [-0.2, 0) is 0 Å². The van der Waals surface area contributed by atoms with Gasteiger partial charge in [-0.15, -0.1) is 0 Å². The Morgan fingerprint density at radius 3 is 2.71 bits per heavy atom. The Balaban J connectivity index is 1.40. The lowest BCUT2D eigenvalue weighted by Gasteiger charge is -2.36. The normalized spacial score (nSPS) is 16.0. The predicted molar refractivity (Wildman–Crippen MR) is 104 cm³/mol. The quantitative estimate of drug-likeness (QED) is 0.601. The molecular weight excluding hydrogens is 386 g/mol. The van der Waals surface area contributed by atoms with Crippen LogP contribution in [0.5, 0.6) is 5.75 Å². The summed E-state index contributed by atoms with van der Waals surface area (Å²) in [6, 6.07) is 7.54. The van der Waals surface area contributed by atoms with Crippen LogP contribution in [0.4, 0.5) is 8.78 Å². The number of amides is 1. The Kier molecular flexibility index (Phi) is 6.83. The number of pyridine rings is 1. The Labute approximate surface area is 168 Å². The molecule has 4 nitrogen and oxygen atoms in total. The van der Waals surface area contributed by atoms with E-state index < -0.39 is 11.5 Å². The van der Waals surface area contributed by atoms with Crippen LogP contribution in [0.25, 0.3) is 0 Å². The molecule has 2 aromatic rings. The number of carbonyl (C=O) groups excluding carboxylic acids is 1. The van der Waals surface area contributed by atoms with Crippen molar-refractivity contribution in [3.63, 3.8) is 0 Å². The standard InChI is InChI=1S/C21H23ClF2N2O2/c22-18-14-16(5-6-19(18)23)20(27)26-11-8-21(24,9-12-26)7-1-2-13-28-17-4-3-10-25-15-17/h3-6,10,14-15H,1-2,7-9,11-13H2. The SMILES string of the molecule is O=C(c1ccc(F)c(Cl)c1)N1CCC(F)(CCCCOc2cccnc2)CC1. The number of carbonyl (C=O) groups is 1. The van der Waals surface area contributed by atoms with E-state index in [0.717, 1.165) is 12.8 Å². The van der Waals surface area contributed by atoms with Crippen LogP contribution in [0.2, 0.25) is 5.02 Å². The molecule has 1 aliphatic rings. The van der Waals surface area contributed by atoms with Crippen molar-refractivity contribution in [1.82, 2.24) is 9.88 Å². The zero-order valence-corrected chi connectivity index (χ0v) is 16.3. The summed E-state index contributed by atoms with van der Waals surface area (Å²) in [6.45, 7) is 1.21. The summed E-state index contributed by atoms with van der Waals surface area (Å²) in [5.41, 5.74) is -0.934. The van der Waals surface area contributed by atoms with E-state index in [0.29, 0.717) is 50.3 Å². The minimum absolute atomic E-state index is 0.0869. The minimum Gasteiger partial charge on any atom is -0.492 e. The lowest BCUT2D eigenvalue weighted by molar-refractivity contribution is 0.0382. The van der Waals surface area contributed by atoms with Gasteiger partial charge in [-0.25, -0.2) is 8.78 Å². The van der Waals surface area contributed by atoms with Gasteiger partial charge in [-0.2, -0.15) is 0 Å². The number of hydrogen-bond donors (Lipinski definition) is 0. The number of rotatable bonds is 7. The lowest BCUT2D eigenvalue weighted by atomic mass is 9.88. The van der Waals surface area contributed by atoms with Gasteiger partial charge in [-0.05, 0) is 62.4 Å². The molecule has 1 amide bonds. The maximum absolute atomic E-state index is 15.0. The predicted octanol–water partition coefficient (Wildman–Crippen LogP) is 5.07. The first-order valence-electron chi connectivity index (χ1n) is 9.43. The Morgan fingerprint density at radius 1 is 1.25 bits per heavy atom. The van der Waals surface area contributed by atoms with Crippen molar-refractivity contribution >= 4 is 17.5 Å². The number of benzene rings is 1. The van der Waals surface area contributed by atoms with Gasteiger partial charge in [0.15, 0.2) is 0 Å². The van der Waals surface area contributed by atoms with E-state index in [2.05, 4.69) is 4.98 Å². The van der Waals surface area contributed by atoms with Gasteiger partial charge in [0.2, 0.25) is 0 Å². The highest BCUT2D eigenvalue weighted by Crippen LogP contribution is 2.32. The van der Waals surface area contributed by atoms with Gasteiger partial charge >= 0.3 is 0 Å². The topological polar surface area (TPSA) is 42.4 Å². The van der Waals surface area contributed by atoms with Crippen LogP contribution in [0, 0.1) is 5.82 Å². The van der Waals surface area contributed by atoms with Crippen LogP contribution in [-0.4, -0.2) is 41.2 Å². The van der Waals surface area contributed by atoms with Gasteiger partial charge < -0.3 is 9.64 Å². The summed E-state index contributed by atoms with van der Waals surface area (Å²) in [6.07, 6.45) is 5.87. The van der Waals surface area contributed by atoms with Gasteiger partial charge in [-0.1, -0.05) is 11.6 Å². The molecule has 0 atom stereocenters. The molecule has 0 spiro atoms. The maximum atomic E-state index is 15.0. The Bertz CT molecular complexity index is 796. The van der Waals surface area contributed by atoms with Gasteiger partial charge in [0, 0.05) is 24.8 Å². The smallest absolute Gasteiger partial charge is 0.253 e. The molecule has 1 saturated heterocycles. The van der Waals surface area contributed by atoms with E-state index >= 15 is 4.39 Å². The summed E-state index contributed by atoms with van der Waals surface area (Å²) >= 11 is 5.74. The van der Waals surface area contributed by atoms with E-state index in [-0.39, 0.29) is 10.9 Å². The van der Waals surface area contributed by atoms with Crippen molar-refractivity contribution in [3.8, 4) is 5.75 Å². The molecule has 0 aliphatic carbocycles. The molecule has 1 aromatic heterocycles. The van der Waals surface area contributed by atoms with Crippen molar-refractivity contribution in [1.29, 1.82) is 0 Å². The number of piperidine rings is 1. The van der Waals surface area contributed by atoms with E-state index in [1.165, 1.54) is 18.2 Å².